The van der Waals surface area contributed by atoms with Gasteiger partial charge in [-0.05, 0) is 31.2 Å². The number of alkyl halides is 2. The van der Waals surface area contributed by atoms with Crippen molar-refractivity contribution in [2.24, 2.45) is 0 Å². The zero-order valence-electron chi connectivity index (χ0n) is 17.1. The molecule has 9 nitrogen and oxygen atoms in total. The third-order valence-corrected chi connectivity index (χ3v) is 4.71. The Kier molecular flexibility index (Phi) is 5.75. The molecule has 3 amide bonds. The Balaban J connectivity index is 1.91. The molecule has 1 aliphatic rings. The van der Waals surface area contributed by atoms with Crippen molar-refractivity contribution in [1.82, 2.24) is 20.0 Å². The molecule has 1 aliphatic heterocycles. The monoisotopic (exact) mass is 430 g/mol. The van der Waals surface area contributed by atoms with Gasteiger partial charge < -0.3 is 15.5 Å². The highest BCUT2D eigenvalue weighted by atomic mass is 19.3. The fourth-order valence-corrected chi connectivity index (χ4v) is 3.25. The molecule has 2 heterocycles. The lowest BCUT2D eigenvalue weighted by molar-refractivity contribution is -0.143. The lowest BCUT2D eigenvalue weighted by Gasteiger charge is -2.32. The summed E-state index contributed by atoms with van der Waals surface area (Å²) in [7, 11) is 0. The molecule has 0 aliphatic carbocycles. The fraction of sp³-hybridized carbons (Fsp3) is 0.350. The number of rotatable bonds is 5. The zero-order valence-corrected chi connectivity index (χ0v) is 17.1. The van der Waals surface area contributed by atoms with Crippen LogP contribution in [0.5, 0.6) is 0 Å². The SMILES string of the molecule is CC(=O)Nc1cc(C#N)ccc1-c1cc2n(n1)[C@@H](C)CN(CNC(=O)C(C)(F)F)C2=O. The van der Waals surface area contributed by atoms with E-state index in [0.29, 0.717) is 29.4 Å². The first-order valence-corrected chi connectivity index (χ1v) is 9.38. The van der Waals surface area contributed by atoms with Gasteiger partial charge in [0.2, 0.25) is 5.91 Å². The highest BCUT2D eigenvalue weighted by Crippen LogP contribution is 2.31. The number of nitrogens with one attached hydrogen (secondary N) is 2. The van der Waals surface area contributed by atoms with Crippen molar-refractivity contribution in [2.75, 3.05) is 18.5 Å². The van der Waals surface area contributed by atoms with Gasteiger partial charge in [0, 0.05) is 26.0 Å². The molecule has 0 fully saturated rings. The molecule has 162 valence electrons. The highest BCUT2D eigenvalue weighted by molar-refractivity contribution is 5.97. The zero-order chi connectivity index (χ0) is 22.9. The van der Waals surface area contributed by atoms with Crippen molar-refractivity contribution >= 4 is 23.4 Å². The number of nitrogens with zero attached hydrogens (tertiary/aromatic N) is 4. The van der Waals surface area contributed by atoms with E-state index in [9.17, 15) is 23.2 Å². The van der Waals surface area contributed by atoms with Crippen molar-refractivity contribution in [3.05, 3.63) is 35.5 Å². The van der Waals surface area contributed by atoms with E-state index in [1.54, 1.807) is 19.1 Å². The number of carbonyl (C=O) groups is 3. The van der Waals surface area contributed by atoms with Crippen molar-refractivity contribution in [1.29, 1.82) is 5.26 Å². The summed E-state index contributed by atoms with van der Waals surface area (Å²) in [5, 5.41) is 18.3. The van der Waals surface area contributed by atoms with Gasteiger partial charge in [0.25, 0.3) is 11.8 Å². The summed E-state index contributed by atoms with van der Waals surface area (Å²) >= 11 is 0. The van der Waals surface area contributed by atoms with Crippen LogP contribution in [0.15, 0.2) is 24.3 Å². The van der Waals surface area contributed by atoms with Crippen LogP contribution in [0.1, 0.15) is 42.9 Å². The first kappa shape index (κ1) is 21.9. The van der Waals surface area contributed by atoms with Crippen molar-refractivity contribution in [3.63, 3.8) is 0 Å². The molecule has 2 aromatic rings. The summed E-state index contributed by atoms with van der Waals surface area (Å²) in [6.45, 7) is 3.41. The molecule has 0 unspecified atom stereocenters. The molecule has 0 radical (unpaired) electrons. The molecule has 0 bridgehead atoms. The van der Waals surface area contributed by atoms with Crippen LogP contribution in [-0.4, -0.2) is 51.5 Å². The first-order valence-electron chi connectivity index (χ1n) is 9.38. The van der Waals surface area contributed by atoms with Gasteiger partial charge in [-0.1, -0.05) is 0 Å². The Bertz CT molecular complexity index is 1100. The maximum atomic E-state index is 13.1. The van der Waals surface area contributed by atoms with Gasteiger partial charge in [0.05, 0.1) is 35.7 Å². The topological polar surface area (TPSA) is 120 Å². The van der Waals surface area contributed by atoms with Crippen molar-refractivity contribution in [3.8, 4) is 17.3 Å². The van der Waals surface area contributed by atoms with Crippen LogP contribution in [0.3, 0.4) is 0 Å². The first-order chi connectivity index (χ1) is 14.5. The van der Waals surface area contributed by atoms with Crippen LogP contribution in [-0.2, 0) is 9.59 Å². The number of hydrogen-bond acceptors (Lipinski definition) is 5. The van der Waals surface area contributed by atoms with E-state index in [1.165, 1.54) is 28.6 Å². The van der Waals surface area contributed by atoms with Gasteiger partial charge in [0.15, 0.2) is 0 Å². The number of amides is 3. The van der Waals surface area contributed by atoms with E-state index in [4.69, 9.17) is 5.26 Å². The number of hydrogen-bond donors (Lipinski definition) is 2. The van der Waals surface area contributed by atoms with Gasteiger partial charge in [-0.25, -0.2) is 0 Å². The van der Waals surface area contributed by atoms with Crippen molar-refractivity contribution < 1.29 is 23.2 Å². The molecule has 2 N–H and O–H groups in total. The number of anilines is 1. The number of nitriles is 1. The smallest absolute Gasteiger partial charge is 0.321 e. The predicted molar refractivity (Wildman–Crippen MR) is 106 cm³/mol. The van der Waals surface area contributed by atoms with Gasteiger partial charge >= 0.3 is 5.92 Å². The van der Waals surface area contributed by atoms with E-state index >= 15 is 0 Å². The molecular formula is C20H20F2N6O3. The quantitative estimate of drug-likeness (QED) is 0.753. The third kappa shape index (κ3) is 4.53. The van der Waals surface area contributed by atoms with Crippen LogP contribution in [0.4, 0.5) is 14.5 Å². The van der Waals surface area contributed by atoms with Crippen molar-refractivity contribution in [2.45, 2.75) is 32.7 Å². The lowest BCUT2D eigenvalue weighted by atomic mass is 10.1. The standard InChI is InChI=1S/C20H20F2N6O3/c1-11-9-27(10-24-19(31)20(3,21)22)18(30)17-7-16(26-28(11)17)14-5-4-13(8-23)6-15(14)25-12(2)29/h4-7,11H,9-10H2,1-3H3,(H,24,31)(H,25,29)/t11-/m0/s1. The van der Waals surface area contributed by atoms with Crippen LogP contribution in [0.25, 0.3) is 11.3 Å². The fourth-order valence-electron chi connectivity index (χ4n) is 3.25. The Morgan fingerprint density at radius 1 is 1.35 bits per heavy atom. The minimum absolute atomic E-state index is 0.161. The van der Waals surface area contributed by atoms with E-state index in [2.05, 4.69) is 15.7 Å². The average Bonchev–Trinajstić information content (AvgIpc) is 3.14. The Morgan fingerprint density at radius 3 is 2.68 bits per heavy atom. The second kappa shape index (κ2) is 8.14. The molecule has 1 aromatic carbocycles. The number of fused-ring (bicyclic) bond motifs is 1. The molecule has 0 saturated carbocycles. The summed E-state index contributed by atoms with van der Waals surface area (Å²) in [6.07, 6.45) is 0. The number of halogens is 2. The molecule has 0 spiro atoms. The number of carbonyl (C=O) groups excluding carboxylic acids is 3. The summed E-state index contributed by atoms with van der Waals surface area (Å²) in [5.41, 5.74) is 1.84. The maximum Gasteiger partial charge on any atom is 0.321 e. The average molecular weight is 430 g/mol. The van der Waals surface area contributed by atoms with Crippen LogP contribution in [0, 0.1) is 11.3 Å². The third-order valence-electron chi connectivity index (χ3n) is 4.71. The van der Waals surface area contributed by atoms with Gasteiger partial charge in [0.1, 0.15) is 5.69 Å². The maximum absolute atomic E-state index is 13.1. The normalized spacial score (nSPS) is 15.8. The highest BCUT2D eigenvalue weighted by Gasteiger charge is 2.35. The van der Waals surface area contributed by atoms with Gasteiger partial charge in [-0.2, -0.15) is 19.1 Å². The minimum atomic E-state index is -3.55. The van der Waals surface area contributed by atoms with Gasteiger partial charge in [-0.15, -0.1) is 0 Å². The Hall–Kier alpha value is -3.81. The van der Waals surface area contributed by atoms with Gasteiger partial charge in [-0.3, -0.25) is 19.1 Å². The number of benzene rings is 1. The molecule has 11 heteroatoms. The summed E-state index contributed by atoms with van der Waals surface area (Å²) in [5.74, 6) is -5.83. The van der Waals surface area contributed by atoms with Crippen LogP contribution < -0.4 is 10.6 Å². The molecule has 31 heavy (non-hydrogen) atoms. The van der Waals surface area contributed by atoms with E-state index in [1.807, 2.05) is 6.07 Å². The summed E-state index contributed by atoms with van der Waals surface area (Å²) in [4.78, 5) is 37.1. The van der Waals surface area contributed by atoms with Crippen LogP contribution >= 0.6 is 0 Å². The second-order valence-corrected chi connectivity index (χ2v) is 7.34. The second-order valence-electron chi connectivity index (χ2n) is 7.34. The van der Waals surface area contributed by atoms with E-state index < -0.39 is 17.7 Å². The lowest BCUT2D eigenvalue weighted by Crippen LogP contribution is -2.50. The predicted octanol–water partition coefficient (Wildman–Crippen LogP) is 2.13. The van der Waals surface area contributed by atoms with E-state index in [-0.39, 0.29) is 30.9 Å². The molecule has 3 rings (SSSR count). The van der Waals surface area contributed by atoms with Crippen LogP contribution in [0.2, 0.25) is 0 Å². The summed E-state index contributed by atoms with van der Waals surface area (Å²) < 4.78 is 27.7. The Morgan fingerprint density at radius 2 is 2.06 bits per heavy atom. The molecule has 1 aromatic heterocycles. The Labute approximate surface area is 176 Å². The molecule has 0 saturated heterocycles. The summed E-state index contributed by atoms with van der Waals surface area (Å²) in [6, 6.07) is 7.92. The minimum Gasteiger partial charge on any atom is -0.333 e. The largest absolute Gasteiger partial charge is 0.333 e. The number of aromatic nitrogens is 2. The molecule has 1 atom stereocenters. The molecular weight excluding hydrogens is 410 g/mol. The van der Waals surface area contributed by atoms with E-state index in [0.717, 1.165) is 0 Å².